The summed E-state index contributed by atoms with van der Waals surface area (Å²) < 4.78 is 0. The van der Waals surface area contributed by atoms with Gasteiger partial charge in [-0.25, -0.2) is 0 Å². The van der Waals surface area contributed by atoms with Crippen molar-refractivity contribution < 1.29 is 10.2 Å². The van der Waals surface area contributed by atoms with Gasteiger partial charge in [-0.15, -0.1) is 17.0 Å². The maximum absolute atomic E-state index is 10.5. The average molecular weight is 472 g/mol. The number of nitrogens with zero attached hydrogens (tertiary/aromatic N) is 1. The van der Waals surface area contributed by atoms with Crippen molar-refractivity contribution in [2.24, 2.45) is 0 Å². The van der Waals surface area contributed by atoms with Crippen LogP contribution in [0.4, 0.5) is 0 Å². The second kappa shape index (κ2) is 10.2. The molecule has 1 heterocycles. The summed E-state index contributed by atoms with van der Waals surface area (Å²) in [6, 6.07) is 22.4. The van der Waals surface area contributed by atoms with Crippen LogP contribution in [0.2, 0.25) is 0 Å². The summed E-state index contributed by atoms with van der Waals surface area (Å²) >= 11 is 1.54. The predicted octanol–water partition coefficient (Wildman–Crippen LogP) is 5.47. The van der Waals surface area contributed by atoms with E-state index in [9.17, 15) is 10.2 Å². The van der Waals surface area contributed by atoms with E-state index in [1.54, 1.807) is 6.07 Å². The number of aromatic hydroxyl groups is 2. The van der Waals surface area contributed by atoms with Crippen molar-refractivity contribution in [2.75, 3.05) is 19.6 Å². The number of hydrogen-bond donors (Lipinski definition) is 2. The molecule has 4 rings (SSSR count). The van der Waals surface area contributed by atoms with Crippen LogP contribution >= 0.6 is 28.7 Å². The zero-order valence-corrected chi connectivity index (χ0v) is 18.8. The molecule has 1 aliphatic heterocycles. The minimum Gasteiger partial charge on any atom is -0.504 e. The summed E-state index contributed by atoms with van der Waals surface area (Å²) in [5.74, 6) is -0.0137. The highest BCUT2D eigenvalue weighted by Crippen LogP contribution is 2.44. The number of benzene rings is 3. The lowest BCUT2D eigenvalue weighted by molar-refractivity contribution is 0.291. The molecule has 3 aromatic rings. The molecule has 0 atom stereocenters. The highest BCUT2D eigenvalue weighted by atomic mass is 79.9. The summed E-state index contributed by atoms with van der Waals surface area (Å²) in [7, 11) is 0. The van der Waals surface area contributed by atoms with Crippen LogP contribution < -0.4 is 0 Å². The smallest absolute Gasteiger partial charge is 0.171 e. The number of rotatable bonds is 5. The van der Waals surface area contributed by atoms with E-state index in [4.69, 9.17) is 0 Å². The molecule has 152 valence electrons. The van der Waals surface area contributed by atoms with Gasteiger partial charge in [0.2, 0.25) is 0 Å². The standard InChI is InChI=1S/C24H25NO2S.BrH/c26-22-17-19-12-15-25(14-11-18-7-3-1-4-8-18)16-13-21(19)24(23(22)27)28-20-9-5-2-6-10-20;/h1-10,17,26-27H,11-16H2;1H. The molecule has 29 heavy (non-hydrogen) atoms. The Bertz CT molecular complexity index is 935. The Hall–Kier alpha value is -1.95. The Balaban J connectivity index is 0.00000240. The lowest BCUT2D eigenvalue weighted by atomic mass is 10.0. The number of phenolic OH excluding ortho intramolecular Hbond substituents is 2. The maximum atomic E-state index is 10.5. The van der Waals surface area contributed by atoms with Crippen LogP contribution in [0.15, 0.2) is 76.5 Å². The number of fused-ring (bicyclic) bond motifs is 1. The van der Waals surface area contributed by atoms with Gasteiger partial charge in [0.15, 0.2) is 11.5 Å². The quantitative estimate of drug-likeness (QED) is 0.484. The van der Waals surface area contributed by atoms with Crippen LogP contribution in [-0.2, 0) is 19.3 Å². The second-order valence-electron chi connectivity index (χ2n) is 7.20. The molecule has 0 fully saturated rings. The molecule has 2 N–H and O–H groups in total. The summed E-state index contributed by atoms with van der Waals surface area (Å²) in [5, 5.41) is 20.8. The monoisotopic (exact) mass is 471 g/mol. The number of halogens is 1. The van der Waals surface area contributed by atoms with Gasteiger partial charge in [0, 0.05) is 24.5 Å². The van der Waals surface area contributed by atoms with Crippen molar-refractivity contribution in [1.29, 1.82) is 0 Å². The minimum atomic E-state index is -0.0186. The van der Waals surface area contributed by atoms with Crippen LogP contribution in [0.3, 0.4) is 0 Å². The van der Waals surface area contributed by atoms with Gasteiger partial charge in [0.25, 0.3) is 0 Å². The Morgan fingerprint density at radius 2 is 1.52 bits per heavy atom. The Kier molecular flexibility index (Phi) is 7.64. The zero-order chi connectivity index (χ0) is 19.3. The van der Waals surface area contributed by atoms with Gasteiger partial charge in [0.1, 0.15) is 0 Å². The van der Waals surface area contributed by atoms with Crippen molar-refractivity contribution in [1.82, 2.24) is 4.90 Å². The van der Waals surface area contributed by atoms with Gasteiger partial charge in [-0.2, -0.15) is 0 Å². The van der Waals surface area contributed by atoms with Crippen molar-refractivity contribution >= 4 is 28.7 Å². The Morgan fingerprint density at radius 3 is 2.24 bits per heavy atom. The van der Waals surface area contributed by atoms with Gasteiger partial charge in [0.05, 0.1) is 4.90 Å². The first kappa shape index (κ1) is 21.8. The summed E-state index contributed by atoms with van der Waals surface area (Å²) in [4.78, 5) is 4.35. The first-order valence-corrected chi connectivity index (χ1v) is 10.6. The van der Waals surface area contributed by atoms with Crippen molar-refractivity contribution in [3.05, 3.63) is 83.4 Å². The van der Waals surface area contributed by atoms with E-state index in [0.29, 0.717) is 0 Å². The van der Waals surface area contributed by atoms with Crippen molar-refractivity contribution in [3.63, 3.8) is 0 Å². The Morgan fingerprint density at radius 1 is 0.862 bits per heavy atom. The summed E-state index contributed by atoms with van der Waals surface area (Å²) in [5.41, 5.74) is 3.68. The highest BCUT2D eigenvalue weighted by Gasteiger charge is 2.22. The number of phenols is 2. The molecule has 0 unspecified atom stereocenters. The molecule has 3 nitrogen and oxygen atoms in total. The highest BCUT2D eigenvalue weighted by molar-refractivity contribution is 8.93. The van der Waals surface area contributed by atoms with Gasteiger partial charge in [-0.1, -0.05) is 60.3 Å². The van der Waals surface area contributed by atoms with E-state index in [1.807, 2.05) is 30.3 Å². The van der Waals surface area contributed by atoms with Crippen LogP contribution in [0.5, 0.6) is 11.5 Å². The molecule has 0 spiro atoms. The third-order valence-electron chi connectivity index (χ3n) is 5.33. The van der Waals surface area contributed by atoms with Crippen LogP contribution in [0, 0.1) is 0 Å². The van der Waals surface area contributed by atoms with E-state index in [0.717, 1.165) is 54.3 Å². The van der Waals surface area contributed by atoms with Crippen LogP contribution in [0.1, 0.15) is 16.7 Å². The molecule has 0 amide bonds. The molecular weight excluding hydrogens is 446 g/mol. The third-order valence-corrected chi connectivity index (χ3v) is 6.48. The van der Waals surface area contributed by atoms with E-state index < -0.39 is 0 Å². The molecule has 0 radical (unpaired) electrons. The minimum absolute atomic E-state index is 0. The molecule has 0 bridgehead atoms. The first-order chi connectivity index (χ1) is 13.7. The van der Waals surface area contributed by atoms with E-state index in [1.165, 1.54) is 22.9 Å². The van der Waals surface area contributed by atoms with Crippen LogP contribution in [-0.4, -0.2) is 34.7 Å². The predicted molar refractivity (Wildman–Crippen MR) is 125 cm³/mol. The fourth-order valence-electron chi connectivity index (χ4n) is 3.75. The molecule has 0 aliphatic carbocycles. The topological polar surface area (TPSA) is 43.7 Å². The molecule has 5 heteroatoms. The van der Waals surface area contributed by atoms with Crippen molar-refractivity contribution in [3.8, 4) is 11.5 Å². The van der Waals surface area contributed by atoms with Crippen LogP contribution in [0.25, 0.3) is 0 Å². The van der Waals surface area contributed by atoms with E-state index in [-0.39, 0.29) is 28.5 Å². The van der Waals surface area contributed by atoms with Gasteiger partial charge in [-0.05, 0) is 54.2 Å². The molecule has 3 aromatic carbocycles. The molecule has 1 aliphatic rings. The Labute approximate surface area is 187 Å². The van der Waals surface area contributed by atoms with Gasteiger partial charge in [-0.3, -0.25) is 0 Å². The second-order valence-corrected chi connectivity index (χ2v) is 8.29. The fourth-order valence-corrected chi connectivity index (χ4v) is 4.84. The van der Waals surface area contributed by atoms with Crippen molar-refractivity contribution in [2.45, 2.75) is 29.1 Å². The molecule has 0 saturated heterocycles. The molecular formula is C24H26BrNO2S. The van der Waals surface area contributed by atoms with E-state index >= 15 is 0 Å². The van der Waals surface area contributed by atoms with E-state index in [2.05, 4.69) is 35.2 Å². The lowest BCUT2D eigenvalue weighted by Gasteiger charge is -2.19. The lowest BCUT2D eigenvalue weighted by Crippen LogP contribution is -2.28. The third kappa shape index (κ3) is 5.35. The summed E-state index contributed by atoms with van der Waals surface area (Å²) in [6.45, 7) is 2.96. The first-order valence-electron chi connectivity index (χ1n) is 9.76. The fraction of sp³-hybridized carbons (Fsp3) is 0.250. The average Bonchev–Trinajstić information content (AvgIpc) is 2.93. The molecule has 0 aromatic heterocycles. The SMILES string of the molecule is Br.Oc1cc2c(c(Sc3ccccc3)c1O)CCN(CCc1ccccc1)CC2. The van der Waals surface area contributed by atoms with Gasteiger partial charge < -0.3 is 15.1 Å². The van der Waals surface area contributed by atoms with Gasteiger partial charge >= 0.3 is 0 Å². The number of hydrogen-bond acceptors (Lipinski definition) is 4. The normalized spacial score (nSPS) is 13.9. The molecule has 0 saturated carbocycles. The summed E-state index contributed by atoms with van der Waals surface area (Å²) in [6.07, 6.45) is 2.81. The largest absolute Gasteiger partial charge is 0.504 e. The zero-order valence-electron chi connectivity index (χ0n) is 16.3. The maximum Gasteiger partial charge on any atom is 0.171 e.